The summed E-state index contributed by atoms with van der Waals surface area (Å²) in [6.07, 6.45) is 0. The van der Waals surface area contributed by atoms with Crippen LogP contribution in [0.3, 0.4) is 0 Å². The topological polar surface area (TPSA) is 28.7 Å². The molecule has 0 unspecified atom stereocenters. The number of likely N-dealkylation sites (N-methyl/N-ethyl adjacent to an activating group) is 1. The van der Waals surface area contributed by atoms with Crippen LogP contribution in [-0.4, -0.2) is 52.9 Å². The van der Waals surface area contributed by atoms with E-state index in [-0.39, 0.29) is 0 Å². The molecule has 0 aliphatic carbocycles. The van der Waals surface area contributed by atoms with E-state index >= 15 is 0 Å². The number of nitrogens with zero attached hydrogens (tertiary/aromatic N) is 1. The summed E-state index contributed by atoms with van der Waals surface area (Å²) in [6.45, 7) is 14.4. The molecule has 0 radical (unpaired) electrons. The summed E-state index contributed by atoms with van der Waals surface area (Å²) < 4.78 is 0. The molecule has 4 nitrogen and oxygen atoms in total. The van der Waals surface area contributed by atoms with E-state index in [2.05, 4.69) is 49.3 Å². The minimum Gasteiger partial charge on any atom is -0.372 e. The van der Waals surface area contributed by atoms with Gasteiger partial charge in [0.25, 0.3) is 0 Å². The smallest absolute Gasteiger partial charge is 0.163 e. The number of fused-ring (bicyclic) bond motifs is 1. The number of benzene rings is 1. The van der Waals surface area contributed by atoms with Gasteiger partial charge in [0.15, 0.2) is 6.04 Å². The van der Waals surface area contributed by atoms with Crippen molar-refractivity contribution in [2.24, 2.45) is 0 Å². The molecule has 2 heterocycles. The van der Waals surface area contributed by atoms with Gasteiger partial charge in [-0.15, -0.1) is 0 Å². The molecule has 4 N–H and O–H groups in total. The first-order valence-corrected chi connectivity index (χ1v) is 9.08. The highest BCUT2D eigenvalue weighted by molar-refractivity contribution is 5.51. The van der Waals surface area contributed by atoms with Gasteiger partial charge in [-0.3, -0.25) is 0 Å². The molecule has 1 saturated heterocycles. The Morgan fingerprint density at radius 2 is 1.86 bits per heavy atom. The highest BCUT2D eigenvalue weighted by Gasteiger charge is 2.34. The molecule has 3 rings (SSSR count). The third-order valence-electron chi connectivity index (χ3n) is 5.64. The monoisotopic (exact) mass is 305 g/mol. The molecule has 0 aromatic heterocycles. The fourth-order valence-electron chi connectivity index (χ4n) is 4.16. The third kappa shape index (κ3) is 3.14. The van der Waals surface area contributed by atoms with E-state index in [1.807, 2.05) is 0 Å². The van der Waals surface area contributed by atoms with Gasteiger partial charge >= 0.3 is 0 Å². The SMILES string of the molecule is CCN(CC)c1ccc2c(c1)C[NH2+]C[C@H]2[NH+]1CC[NH+](C)CC1. The molecular formula is C18H33N4+3. The summed E-state index contributed by atoms with van der Waals surface area (Å²) in [6, 6.07) is 7.93. The molecule has 0 amide bonds. The maximum absolute atomic E-state index is 2.51. The van der Waals surface area contributed by atoms with Crippen LogP contribution in [-0.2, 0) is 6.54 Å². The Bertz CT molecular complexity index is 490. The van der Waals surface area contributed by atoms with E-state index in [4.69, 9.17) is 0 Å². The minimum atomic E-state index is 0.697. The van der Waals surface area contributed by atoms with Gasteiger partial charge < -0.3 is 20.0 Å². The quantitative estimate of drug-likeness (QED) is 0.594. The van der Waals surface area contributed by atoms with Crippen molar-refractivity contribution in [1.29, 1.82) is 0 Å². The second-order valence-corrected chi connectivity index (χ2v) is 6.95. The molecule has 2 aliphatic rings. The van der Waals surface area contributed by atoms with Crippen molar-refractivity contribution in [2.45, 2.75) is 26.4 Å². The number of nitrogens with one attached hydrogen (secondary N) is 2. The van der Waals surface area contributed by atoms with Gasteiger partial charge in [-0.1, -0.05) is 6.07 Å². The largest absolute Gasteiger partial charge is 0.372 e. The second-order valence-electron chi connectivity index (χ2n) is 6.95. The van der Waals surface area contributed by atoms with E-state index < -0.39 is 0 Å². The summed E-state index contributed by atoms with van der Waals surface area (Å²) >= 11 is 0. The number of anilines is 1. The number of piperazine rings is 1. The Balaban J connectivity index is 1.81. The summed E-state index contributed by atoms with van der Waals surface area (Å²) in [5, 5.41) is 2.51. The first kappa shape index (κ1) is 15.8. The van der Waals surface area contributed by atoms with Gasteiger partial charge in [-0.2, -0.15) is 0 Å². The van der Waals surface area contributed by atoms with Crippen LogP contribution in [0.4, 0.5) is 5.69 Å². The van der Waals surface area contributed by atoms with Gasteiger partial charge in [-0.25, -0.2) is 0 Å². The lowest BCUT2D eigenvalue weighted by Crippen LogP contribution is -3.28. The Labute approximate surface area is 135 Å². The van der Waals surface area contributed by atoms with Gasteiger partial charge in [0.2, 0.25) is 0 Å². The Kier molecular flexibility index (Phi) is 5.01. The normalized spacial score (nSPS) is 28.2. The lowest BCUT2D eigenvalue weighted by molar-refractivity contribution is -1.03. The summed E-state index contributed by atoms with van der Waals surface area (Å²) in [7, 11) is 2.33. The van der Waals surface area contributed by atoms with Gasteiger partial charge in [-0.05, 0) is 26.0 Å². The molecule has 122 valence electrons. The van der Waals surface area contributed by atoms with Crippen LogP contribution in [0.5, 0.6) is 0 Å². The van der Waals surface area contributed by atoms with E-state index in [1.54, 1.807) is 20.9 Å². The predicted molar refractivity (Wildman–Crippen MR) is 90.6 cm³/mol. The summed E-state index contributed by atoms with van der Waals surface area (Å²) in [5.41, 5.74) is 4.59. The van der Waals surface area contributed by atoms with Crippen LogP contribution in [0.2, 0.25) is 0 Å². The molecule has 4 heteroatoms. The number of nitrogens with two attached hydrogens (primary N) is 1. The maximum atomic E-state index is 2.51. The fourth-order valence-corrected chi connectivity index (χ4v) is 4.16. The van der Waals surface area contributed by atoms with Crippen LogP contribution in [0.1, 0.15) is 31.0 Å². The zero-order chi connectivity index (χ0) is 15.5. The molecule has 0 saturated carbocycles. The second kappa shape index (κ2) is 6.99. The van der Waals surface area contributed by atoms with Crippen LogP contribution in [0.25, 0.3) is 0 Å². The first-order chi connectivity index (χ1) is 10.7. The van der Waals surface area contributed by atoms with Crippen molar-refractivity contribution in [3.8, 4) is 0 Å². The Morgan fingerprint density at radius 3 is 2.55 bits per heavy atom. The van der Waals surface area contributed by atoms with E-state index in [1.165, 1.54) is 38.4 Å². The molecule has 0 spiro atoms. The highest BCUT2D eigenvalue weighted by atomic mass is 15.3. The fraction of sp³-hybridized carbons (Fsp3) is 0.667. The van der Waals surface area contributed by atoms with Gasteiger partial charge in [0.1, 0.15) is 39.3 Å². The average Bonchev–Trinajstić information content (AvgIpc) is 2.56. The number of rotatable bonds is 4. The number of hydrogen-bond acceptors (Lipinski definition) is 1. The van der Waals surface area contributed by atoms with Crippen molar-refractivity contribution >= 4 is 5.69 Å². The van der Waals surface area contributed by atoms with Crippen molar-refractivity contribution in [3.05, 3.63) is 29.3 Å². The summed E-state index contributed by atoms with van der Waals surface area (Å²) in [5.74, 6) is 0. The number of hydrogen-bond donors (Lipinski definition) is 3. The van der Waals surface area contributed by atoms with Crippen molar-refractivity contribution < 1.29 is 15.1 Å². The maximum Gasteiger partial charge on any atom is 0.163 e. The van der Waals surface area contributed by atoms with E-state index in [0.29, 0.717) is 6.04 Å². The van der Waals surface area contributed by atoms with Gasteiger partial charge in [0, 0.05) is 29.9 Å². The molecule has 22 heavy (non-hydrogen) atoms. The molecule has 0 bridgehead atoms. The van der Waals surface area contributed by atoms with Gasteiger partial charge in [0.05, 0.1) is 7.05 Å². The Morgan fingerprint density at radius 1 is 1.14 bits per heavy atom. The minimum absolute atomic E-state index is 0.697. The molecular weight excluding hydrogens is 272 g/mol. The predicted octanol–water partition coefficient (Wildman–Crippen LogP) is -1.94. The molecule has 1 atom stereocenters. The highest BCUT2D eigenvalue weighted by Crippen LogP contribution is 2.24. The Hall–Kier alpha value is -1.10. The lowest BCUT2D eigenvalue weighted by Gasteiger charge is -2.35. The average molecular weight is 305 g/mol. The molecule has 2 aliphatic heterocycles. The van der Waals surface area contributed by atoms with Crippen molar-refractivity contribution in [2.75, 3.05) is 57.8 Å². The van der Waals surface area contributed by atoms with Crippen LogP contribution in [0.15, 0.2) is 18.2 Å². The van der Waals surface area contributed by atoms with Crippen molar-refractivity contribution in [3.63, 3.8) is 0 Å². The lowest BCUT2D eigenvalue weighted by atomic mass is 9.94. The first-order valence-electron chi connectivity index (χ1n) is 9.08. The van der Waals surface area contributed by atoms with Crippen LogP contribution in [0, 0.1) is 0 Å². The molecule has 1 aromatic rings. The molecule has 1 aromatic carbocycles. The third-order valence-corrected chi connectivity index (χ3v) is 5.64. The van der Waals surface area contributed by atoms with Crippen LogP contribution >= 0.6 is 0 Å². The zero-order valence-corrected chi connectivity index (χ0v) is 14.5. The van der Waals surface area contributed by atoms with Crippen molar-refractivity contribution in [1.82, 2.24) is 0 Å². The summed E-state index contributed by atoms with van der Waals surface area (Å²) in [4.78, 5) is 5.95. The van der Waals surface area contributed by atoms with E-state index in [0.717, 1.165) is 19.6 Å². The number of quaternary nitrogens is 3. The van der Waals surface area contributed by atoms with Crippen LogP contribution < -0.4 is 20.0 Å². The zero-order valence-electron chi connectivity index (χ0n) is 14.5. The standard InChI is InChI=1S/C18H30N4/c1-4-21(5-2)16-6-7-17-15(12-16)13-19-14-18(17)22-10-8-20(3)9-11-22/h6-7,12,18-19H,4-5,8-11,13-14H2,1-3H3/p+3/t18-/m1/s1. The van der Waals surface area contributed by atoms with E-state index in [9.17, 15) is 0 Å². The molecule has 1 fully saturated rings.